The Balaban J connectivity index is 1.68. The van der Waals surface area contributed by atoms with Crippen LogP contribution in [-0.4, -0.2) is 55.7 Å². The number of thioether (sulfide) groups is 1. The Morgan fingerprint density at radius 2 is 1.83 bits per heavy atom. The van der Waals surface area contributed by atoms with Crippen molar-refractivity contribution in [2.75, 3.05) is 29.8 Å². The first kappa shape index (κ1) is 21.5. The summed E-state index contributed by atoms with van der Waals surface area (Å²) in [5, 5.41) is 3.16. The average Bonchev–Trinajstić information content (AvgIpc) is 3.19. The van der Waals surface area contributed by atoms with Crippen LogP contribution in [0.3, 0.4) is 0 Å². The van der Waals surface area contributed by atoms with Gasteiger partial charge in [-0.05, 0) is 48.5 Å². The third-order valence-corrected chi connectivity index (χ3v) is 7.23. The monoisotopic (exact) mass is 454 g/mol. The maximum atomic E-state index is 12.7. The van der Waals surface area contributed by atoms with E-state index in [1.165, 1.54) is 40.9 Å². The minimum atomic E-state index is -3.83. The number of amides is 2. The quantitative estimate of drug-likeness (QED) is 0.721. The highest BCUT2D eigenvalue weighted by atomic mass is 35.5. The highest BCUT2D eigenvalue weighted by Gasteiger charge is 2.36. The molecule has 2 amide bonds. The lowest BCUT2D eigenvalue weighted by Gasteiger charge is -2.23. The van der Waals surface area contributed by atoms with Gasteiger partial charge in [-0.15, -0.1) is 11.8 Å². The zero-order valence-electron chi connectivity index (χ0n) is 15.5. The molecule has 29 heavy (non-hydrogen) atoms. The molecule has 0 aromatic heterocycles. The predicted molar refractivity (Wildman–Crippen MR) is 113 cm³/mol. The van der Waals surface area contributed by atoms with Crippen LogP contribution in [0.15, 0.2) is 53.4 Å². The van der Waals surface area contributed by atoms with Gasteiger partial charge >= 0.3 is 0 Å². The fourth-order valence-electron chi connectivity index (χ4n) is 2.78. The zero-order chi connectivity index (χ0) is 21.0. The summed E-state index contributed by atoms with van der Waals surface area (Å²) < 4.78 is 30.1. The number of nitrogens with zero attached hydrogens (tertiary/aromatic N) is 1. The van der Waals surface area contributed by atoms with E-state index in [1.54, 1.807) is 31.4 Å². The number of anilines is 1. The van der Waals surface area contributed by atoms with Crippen LogP contribution >= 0.6 is 23.4 Å². The second kappa shape index (κ2) is 9.06. The van der Waals surface area contributed by atoms with Crippen LogP contribution in [0.25, 0.3) is 0 Å². The summed E-state index contributed by atoms with van der Waals surface area (Å²) in [5.74, 6) is -0.368. The van der Waals surface area contributed by atoms with Crippen LogP contribution in [0.4, 0.5) is 5.69 Å². The minimum Gasteiger partial charge on any atom is -0.497 e. The number of sulfone groups is 1. The molecule has 0 saturated carbocycles. The maximum absolute atomic E-state index is 12.7. The topological polar surface area (TPSA) is 92.8 Å². The van der Waals surface area contributed by atoms with Gasteiger partial charge < -0.3 is 15.0 Å². The van der Waals surface area contributed by atoms with Crippen molar-refractivity contribution in [2.45, 2.75) is 10.9 Å². The molecule has 0 spiro atoms. The lowest BCUT2D eigenvalue weighted by molar-refractivity contribution is -0.134. The summed E-state index contributed by atoms with van der Waals surface area (Å²) in [6.45, 7) is 0. The molecule has 1 heterocycles. The van der Waals surface area contributed by atoms with Crippen LogP contribution in [0.1, 0.15) is 0 Å². The molecule has 1 N–H and O–H groups in total. The van der Waals surface area contributed by atoms with Crippen molar-refractivity contribution < 1.29 is 22.7 Å². The molecule has 1 atom stereocenters. The molecule has 1 saturated heterocycles. The van der Waals surface area contributed by atoms with E-state index < -0.39 is 27.5 Å². The van der Waals surface area contributed by atoms with Gasteiger partial charge in [-0.3, -0.25) is 9.59 Å². The number of benzene rings is 2. The van der Waals surface area contributed by atoms with Crippen molar-refractivity contribution >= 4 is 50.7 Å². The summed E-state index contributed by atoms with van der Waals surface area (Å²) in [6, 6.07) is 11.7. The molecule has 1 unspecified atom stereocenters. The fourth-order valence-corrected chi connectivity index (χ4v) is 5.29. The van der Waals surface area contributed by atoms with Crippen LogP contribution in [0.2, 0.25) is 5.02 Å². The normalized spacial score (nSPS) is 16.5. The van der Waals surface area contributed by atoms with Crippen LogP contribution in [0.5, 0.6) is 5.75 Å². The molecule has 1 fully saturated rings. The van der Waals surface area contributed by atoms with E-state index in [9.17, 15) is 18.0 Å². The van der Waals surface area contributed by atoms with Gasteiger partial charge in [0.25, 0.3) is 0 Å². The smallest absolute Gasteiger partial charge is 0.248 e. The first-order valence-corrected chi connectivity index (χ1v) is 11.8. The SMILES string of the molecule is COc1ccc(NC(=O)C2CSCN2C(=O)CS(=O)(=O)c2ccc(Cl)cc2)cc1. The molecule has 1 aliphatic heterocycles. The number of methoxy groups -OCH3 is 1. The van der Waals surface area contributed by atoms with E-state index in [0.29, 0.717) is 22.2 Å². The van der Waals surface area contributed by atoms with Crippen molar-refractivity contribution in [3.8, 4) is 5.75 Å². The molecule has 2 aromatic rings. The molecule has 0 bridgehead atoms. The first-order chi connectivity index (χ1) is 13.8. The lowest BCUT2D eigenvalue weighted by Crippen LogP contribution is -2.46. The number of carbonyl (C=O) groups is 2. The van der Waals surface area contributed by atoms with Crippen molar-refractivity contribution in [1.29, 1.82) is 0 Å². The minimum absolute atomic E-state index is 0.0151. The number of halogens is 1. The largest absolute Gasteiger partial charge is 0.497 e. The standard InChI is InChI=1S/C19H19ClN2O5S2/c1-27-15-6-4-14(5-7-15)21-19(24)17-10-28-12-22(17)18(23)11-29(25,26)16-8-2-13(20)3-9-16/h2-9,17H,10-12H2,1H3,(H,21,24). The van der Waals surface area contributed by atoms with Gasteiger partial charge in [0.2, 0.25) is 11.8 Å². The predicted octanol–water partition coefficient (Wildman–Crippen LogP) is 2.66. The molecule has 10 heteroatoms. The van der Waals surface area contributed by atoms with E-state index in [1.807, 2.05) is 0 Å². The van der Waals surface area contributed by atoms with E-state index >= 15 is 0 Å². The number of hydrogen-bond acceptors (Lipinski definition) is 6. The Morgan fingerprint density at radius 1 is 1.17 bits per heavy atom. The average molecular weight is 455 g/mol. The zero-order valence-corrected chi connectivity index (χ0v) is 17.9. The Morgan fingerprint density at radius 3 is 2.45 bits per heavy atom. The van der Waals surface area contributed by atoms with Crippen molar-refractivity contribution in [2.24, 2.45) is 0 Å². The number of hydrogen-bond donors (Lipinski definition) is 1. The van der Waals surface area contributed by atoms with Gasteiger partial charge in [0.15, 0.2) is 9.84 Å². The lowest BCUT2D eigenvalue weighted by atomic mass is 10.2. The van der Waals surface area contributed by atoms with Gasteiger partial charge in [-0.2, -0.15) is 0 Å². The maximum Gasteiger partial charge on any atom is 0.248 e. The van der Waals surface area contributed by atoms with E-state index in [0.717, 1.165) is 0 Å². The van der Waals surface area contributed by atoms with Gasteiger partial charge in [-0.25, -0.2) is 8.42 Å². The molecule has 2 aromatic carbocycles. The van der Waals surface area contributed by atoms with Crippen molar-refractivity contribution in [3.05, 3.63) is 53.6 Å². The number of ether oxygens (including phenoxy) is 1. The van der Waals surface area contributed by atoms with Crippen molar-refractivity contribution in [3.63, 3.8) is 0 Å². The van der Waals surface area contributed by atoms with Gasteiger partial charge in [-0.1, -0.05) is 11.6 Å². The molecule has 0 aliphatic carbocycles. The summed E-state index contributed by atoms with van der Waals surface area (Å²) in [7, 11) is -2.29. The summed E-state index contributed by atoms with van der Waals surface area (Å²) in [6.07, 6.45) is 0. The summed E-state index contributed by atoms with van der Waals surface area (Å²) in [4.78, 5) is 26.6. The second-order valence-corrected chi connectivity index (χ2v) is 9.74. The molecular weight excluding hydrogens is 436 g/mol. The Kier molecular flexibility index (Phi) is 6.71. The van der Waals surface area contributed by atoms with Crippen LogP contribution in [-0.2, 0) is 19.4 Å². The van der Waals surface area contributed by atoms with E-state index in [2.05, 4.69) is 5.32 Å². The van der Waals surface area contributed by atoms with Crippen LogP contribution in [0, 0.1) is 0 Å². The van der Waals surface area contributed by atoms with E-state index in [-0.39, 0.29) is 16.7 Å². The molecule has 154 valence electrons. The molecule has 7 nitrogen and oxygen atoms in total. The second-order valence-electron chi connectivity index (χ2n) is 6.31. The summed E-state index contributed by atoms with van der Waals surface area (Å²) >= 11 is 7.18. The molecule has 3 rings (SSSR count). The Bertz CT molecular complexity index is 994. The molecule has 1 aliphatic rings. The highest BCUT2D eigenvalue weighted by Crippen LogP contribution is 2.24. The van der Waals surface area contributed by atoms with Crippen molar-refractivity contribution in [1.82, 2.24) is 4.90 Å². The molecular formula is C19H19ClN2O5S2. The number of nitrogens with one attached hydrogen (secondary N) is 1. The molecule has 0 radical (unpaired) electrons. The number of rotatable bonds is 6. The highest BCUT2D eigenvalue weighted by molar-refractivity contribution is 7.99. The fraction of sp³-hybridized carbons (Fsp3) is 0.263. The Labute approximate surface area is 178 Å². The van der Waals surface area contributed by atoms with E-state index in [4.69, 9.17) is 16.3 Å². The summed E-state index contributed by atoms with van der Waals surface area (Å²) in [5.41, 5.74) is 0.564. The Hall–Kier alpha value is -2.23. The third-order valence-electron chi connectivity index (χ3n) is 4.35. The first-order valence-electron chi connectivity index (χ1n) is 8.60. The van der Waals surface area contributed by atoms with Crippen LogP contribution < -0.4 is 10.1 Å². The third kappa shape index (κ3) is 5.23. The number of carbonyl (C=O) groups excluding carboxylic acids is 2. The van der Waals surface area contributed by atoms with Gasteiger partial charge in [0, 0.05) is 16.5 Å². The van der Waals surface area contributed by atoms with Gasteiger partial charge in [0.05, 0.1) is 17.9 Å². The van der Waals surface area contributed by atoms with Gasteiger partial charge in [0.1, 0.15) is 17.5 Å².